The van der Waals surface area contributed by atoms with Crippen LogP contribution in [0.25, 0.3) is 33.7 Å². The summed E-state index contributed by atoms with van der Waals surface area (Å²) in [7, 11) is 1.38. The minimum Gasteiger partial charge on any atom is -0.465 e. The Morgan fingerprint density at radius 1 is 0.880 bits per heavy atom. The third kappa shape index (κ3) is 2.90. The highest BCUT2D eigenvalue weighted by Gasteiger charge is 2.09. The van der Waals surface area contributed by atoms with Crippen molar-refractivity contribution in [1.82, 2.24) is 4.98 Å². The predicted octanol–water partition coefficient (Wildman–Crippen LogP) is 4.95. The van der Waals surface area contributed by atoms with Gasteiger partial charge >= 0.3 is 5.97 Å². The summed E-state index contributed by atoms with van der Waals surface area (Å²) >= 11 is 0. The molecule has 4 nitrogen and oxygen atoms in total. The van der Waals surface area contributed by atoms with Crippen molar-refractivity contribution in [3.8, 4) is 22.6 Å². The Hall–Kier alpha value is -3.40. The summed E-state index contributed by atoms with van der Waals surface area (Å²) in [6.45, 7) is 0. The van der Waals surface area contributed by atoms with Crippen LogP contribution in [0, 0.1) is 0 Å². The standard InChI is InChI=1S/C21H15NO3/c1-24-21(23)17-6-4-5-16(13-17)14-9-11-15(12-10-14)20-22-18-7-2-3-8-19(18)25-20/h2-13H,1H3. The third-order valence-electron chi connectivity index (χ3n) is 4.04. The first kappa shape index (κ1) is 15.1. The topological polar surface area (TPSA) is 52.3 Å². The van der Waals surface area contributed by atoms with E-state index in [-0.39, 0.29) is 5.97 Å². The number of carbonyl (C=O) groups excluding carboxylic acids is 1. The van der Waals surface area contributed by atoms with Crippen molar-refractivity contribution < 1.29 is 13.9 Å². The fraction of sp³-hybridized carbons (Fsp3) is 0.0476. The molecular weight excluding hydrogens is 314 g/mol. The number of para-hydroxylation sites is 2. The van der Waals surface area contributed by atoms with Crippen molar-refractivity contribution in [2.75, 3.05) is 7.11 Å². The molecule has 0 N–H and O–H groups in total. The Morgan fingerprint density at radius 3 is 2.40 bits per heavy atom. The van der Waals surface area contributed by atoms with Crippen LogP contribution in [0.2, 0.25) is 0 Å². The fourth-order valence-electron chi connectivity index (χ4n) is 2.74. The van der Waals surface area contributed by atoms with Crippen molar-refractivity contribution in [3.63, 3.8) is 0 Å². The molecule has 0 unspecified atom stereocenters. The number of carbonyl (C=O) groups is 1. The lowest BCUT2D eigenvalue weighted by molar-refractivity contribution is 0.0601. The number of ether oxygens (including phenoxy) is 1. The minimum absolute atomic E-state index is 0.343. The molecule has 0 saturated heterocycles. The minimum atomic E-state index is -0.343. The van der Waals surface area contributed by atoms with E-state index in [2.05, 4.69) is 4.98 Å². The molecule has 1 heterocycles. The van der Waals surface area contributed by atoms with Crippen LogP contribution in [0.1, 0.15) is 10.4 Å². The van der Waals surface area contributed by atoms with E-state index in [4.69, 9.17) is 9.15 Å². The summed E-state index contributed by atoms with van der Waals surface area (Å²) in [5, 5.41) is 0. The van der Waals surface area contributed by atoms with Gasteiger partial charge < -0.3 is 9.15 Å². The largest absolute Gasteiger partial charge is 0.465 e. The van der Waals surface area contributed by atoms with Crippen LogP contribution in [0.5, 0.6) is 0 Å². The van der Waals surface area contributed by atoms with Crippen LogP contribution >= 0.6 is 0 Å². The van der Waals surface area contributed by atoms with Gasteiger partial charge in [0.15, 0.2) is 5.58 Å². The van der Waals surface area contributed by atoms with Gasteiger partial charge in [-0.15, -0.1) is 0 Å². The summed E-state index contributed by atoms with van der Waals surface area (Å²) in [6.07, 6.45) is 0. The van der Waals surface area contributed by atoms with Gasteiger partial charge in [-0.25, -0.2) is 9.78 Å². The van der Waals surface area contributed by atoms with E-state index in [1.54, 1.807) is 6.07 Å². The summed E-state index contributed by atoms with van der Waals surface area (Å²) in [6, 6.07) is 22.9. The fourth-order valence-corrected chi connectivity index (χ4v) is 2.74. The molecule has 4 rings (SSSR count). The number of nitrogens with zero attached hydrogens (tertiary/aromatic N) is 1. The second-order valence-corrected chi connectivity index (χ2v) is 5.64. The Bertz CT molecular complexity index is 1020. The van der Waals surface area contributed by atoms with E-state index in [0.717, 1.165) is 27.8 Å². The van der Waals surface area contributed by atoms with E-state index < -0.39 is 0 Å². The van der Waals surface area contributed by atoms with Crippen LogP contribution in [-0.4, -0.2) is 18.1 Å². The quantitative estimate of drug-likeness (QED) is 0.499. The Balaban J connectivity index is 1.67. The van der Waals surface area contributed by atoms with Crippen molar-refractivity contribution >= 4 is 17.1 Å². The average molecular weight is 329 g/mol. The van der Waals surface area contributed by atoms with Crippen LogP contribution in [0.4, 0.5) is 0 Å². The second-order valence-electron chi connectivity index (χ2n) is 5.64. The third-order valence-corrected chi connectivity index (χ3v) is 4.04. The predicted molar refractivity (Wildman–Crippen MR) is 96.2 cm³/mol. The van der Waals surface area contributed by atoms with Crippen LogP contribution in [-0.2, 0) is 4.74 Å². The van der Waals surface area contributed by atoms with Crippen LogP contribution < -0.4 is 0 Å². The monoisotopic (exact) mass is 329 g/mol. The summed E-state index contributed by atoms with van der Waals surface area (Å²) < 4.78 is 10.6. The van der Waals surface area contributed by atoms with Crippen molar-refractivity contribution in [2.45, 2.75) is 0 Å². The zero-order valence-electron chi connectivity index (χ0n) is 13.6. The SMILES string of the molecule is COC(=O)c1cccc(-c2ccc(-c3nc4ccccc4o3)cc2)c1. The molecule has 0 amide bonds. The number of rotatable bonds is 3. The molecule has 0 fully saturated rings. The zero-order valence-corrected chi connectivity index (χ0v) is 13.6. The molecule has 1 aromatic heterocycles. The van der Waals surface area contributed by atoms with Gasteiger partial charge in [0.05, 0.1) is 12.7 Å². The number of aromatic nitrogens is 1. The lowest BCUT2D eigenvalue weighted by atomic mass is 10.0. The van der Waals surface area contributed by atoms with Crippen molar-refractivity contribution in [2.24, 2.45) is 0 Å². The normalized spacial score (nSPS) is 10.8. The maximum Gasteiger partial charge on any atom is 0.337 e. The Morgan fingerprint density at radius 2 is 1.64 bits per heavy atom. The van der Waals surface area contributed by atoms with E-state index >= 15 is 0 Å². The number of hydrogen-bond donors (Lipinski definition) is 0. The maximum atomic E-state index is 11.7. The molecule has 0 aliphatic rings. The molecule has 4 aromatic rings. The summed E-state index contributed by atoms with van der Waals surface area (Å²) in [5.41, 5.74) is 5.00. The molecule has 0 saturated carbocycles. The van der Waals surface area contributed by atoms with Crippen molar-refractivity contribution in [3.05, 3.63) is 78.4 Å². The molecule has 0 aliphatic carbocycles. The molecule has 4 heteroatoms. The highest BCUT2D eigenvalue weighted by Crippen LogP contribution is 2.27. The molecule has 122 valence electrons. The van der Waals surface area contributed by atoms with Gasteiger partial charge in [-0.1, -0.05) is 36.4 Å². The van der Waals surface area contributed by atoms with E-state index in [9.17, 15) is 4.79 Å². The lowest BCUT2D eigenvalue weighted by Gasteiger charge is -2.05. The number of fused-ring (bicyclic) bond motifs is 1. The van der Waals surface area contributed by atoms with E-state index in [1.807, 2.05) is 66.7 Å². The first-order chi connectivity index (χ1) is 12.2. The second kappa shape index (κ2) is 6.24. The van der Waals surface area contributed by atoms with E-state index in [0.29, 0.717) is 11.5 Å². The van der Waals surface area contributed by atoms with Gasteiger partial charge in [-0.05, 0) is 47.5 Å². The van der Waals surface area contributed by atoms with Crippen LogP contribution in [0.15, 0.2) is 77.2 Å². The molecule has 0 atom stereocenters. The van der Waals surface area contributed by atoms with Crippen molar-refractivity contribution in [1.29, 1.82) is 0 Å². The molecule has 25 heavy (non-hydrogen) atoms. The van der Waals surface area contributed by atoms with Gasteiger partial charge in [0.1, 0.15) is 5.52 Å². The number of methoxy groups -OCH3 is 1. The first-order valence-electron chi connectivity index (χ1n) is 7.89. The number of oxazole rings is 1. The van der Waals surface area contributed by atoms with Gasteiger partial charge in [0.25, 0.3) is 0 Å². The zero-order chi connectivity index (χ0) is 17.2. The molecule has 0 spiro atoms. The number of hydrogen-bond acceptors (Lipinski definition) is 4. The summed E-state index contributed by atoms with van der Waals surface area (Å²) in [4.78, 5) is 16.2. The van der Waals surface area contributed by atoms with Gasteiger partial charge in [0, 0.05) is 5.56 Å². The van der Waals surface area contributed by atoms with Crippen LogP contribution in [0.3, 0.4) is 0 Å². The van der Waals surface area contributed by atoms with Gasteiger partial charge in [-0.2, -0.15) is 0 Å². The summed E-state index contributed by atoms with van der Waals surface area (Å²) in [5.74, 6) is 0.251. The Kier molecular flexibility index (Phi) is 3.78. The Labute approximate surface area is 144 Å². The smallest absolute Gasteiger partial charge is 0.337 e. The maximum absolute atomic E-state index is 11.7. The molecular formula is C21H15NO3. The average Bonchev–Trinajstić information content (AvgIpc) is 3.12. The number of esters is 1. The van der Waals surface area contributed by atoms with Gasteiger partial charge in [-0.3, -0.25) is 0 Å². The molecule has 0 aliphatic heterocycles. The first-order valence-corrected chi connectivity index (χ1v) is 7.89. The highest BCUT2D eigenvalue weighted by molar-refractivity contribution is 5.91. The molecule has 0 radical (unpaired) electrons. The molecule has 0 bridgehead atoms. The number of benzene rings is 3. The highest BCUT2D eigenvalue weighted by atomic mass is 16.5. The van der Waals surface area contributed by atoms with Gasteiger partial charge in [0.2, 0.25) is 5.89 Å². The lowest BCUT2D eigenvalue weighted by Crippen LogP contribution is -2.00. The molecule has 3 aromatic carbocycles. The van der Waals surface area contributed by atoms with E-state index in [1.165, 1.54) is 7.11 Å².